The van der Waals surface area contributed by atoms with Crippen LogP contribution in [-0.2, 0) is 11.4 Å². The molecule has 168 valence electrons. The van der Waals surface area contributed by atoms with Crippen molar-refractivity contribution in [2.24, 2.45) is 4.99 Å². The number of amidine groups is 1. The quantitative estimate of drug-likeness (QED) is 0.373. The summed E-state index contributed by atoms with van der Waals surface area (Å²) in [5, 5.41) is 3.41. The second-order valence-electron chi connectivity index (χ2n) is 7.65. The Morgan fingerprint density at radius 2 is 1.73 bits per heavy atom. The van der Waals surface area contributed by atoms with Crippen molar-refractivity contribution in [3.8, 4) is 11.5 Å². The van der Waals surface area contributed by atoms with E-state index >= 15 is 0 Å². The van der Waals surface area contributed by atoms with E-state index in [2.05, 4.69) is 32.3 Å². The number of nitrogens with one attached hydrogen (secondary N) is 1. The molecule has 0 spiro atoms. The molecule has 0 aliphatic carbocycles. The lowest BCUT2D eigenvalue weighted by atomic mass is 10.1. The minimum Gasteiger partial charge on any atom is -0.493 e. The Morgan fingerprint density at radius 1 is 1.00 bits per heavy atom. The van der Waals surface area contributed by atoms with Gasteiger partial charge in [-0.05, 0) is 90.3 Å². The summed E-state index contributed by atoms with van der Waals surface area (Å²) in [6.07, 6.45) is 1.82. The lowest BCUT2D eigenvalue weighted by Gasteiger charge is -2.11. The lowest BCUT2D eigenvalue weighted by molar-refractivity contribution is -0.115. The molecule has 0 unspecified atom stereocenters. The highest BCUT2D eigenvalue weighted by atomic mass is 79.9. The highest BCUT2D eigenvalue weighted by Crippen LogP contribution is 2.33. The molecule has 33 heavy (non-hydrogen) atoms. The number of aryl methyl sites for hydroxylation is 2. The Balaban J connectivity index is 1.49. The zero-order chi connectivity index (χ0) is 23.4. The van der Waals surface area contributed by atoms with E-state index in [4.69, 9.17) is 9.47 Å². The number of rotatable bonds is 6. The number of benzene rings is 3. The van der Waals surface area contributed by atoms with Crippen molar-refractivity contribution >= 4 is 50.5 Å². The first-order chi connectivity index (χ1) is 15.9. The third-order valence-electron chi connectivity index (χ3n) is 4.88. The fourth-order valence-electron chi connectivity index (χ4n) is 3.40. The number of hydrogen-bond acceptors (Lipinski definition) is 5. The van der Waals surface area contributed by atoms with Gasteiger partial charge in [0.2, 0.25) is 0 Å². The van der Waals surface area contributed by atoms with Crippen LogP contribution in [0.2, 0.25) is 0 Å². The minimum absolute atomic E-state index is 0.169. The van der Waals surface area contributed by atoms with Crippen molar-refractivity contribution in [1.82, 2.24) is 5.32 Å². The number of hydrogen-bond donors (Lipinski definition) is 1. The van der Waals surface area contributed by atoms with Crippen molar-refractivity contribution in [2.45, 2.75) is 20.5 Å². The second-order valence-corrected chi connectivity index (χ2v) is 9.60. The van der Waals surface area contributed by atoms with Crippen LogP contribution in [0.4, 0.5) is 5.69 Å². The molecule has 0 radical (unpaired) electrons. The van der Waals surface area contributed by atoms with E-state index in [1.54, 1.807) is 7.11 Å². The first-order valence-corrected chi connectivity index (χ1v) is 11.9. The van der Waals surface area contributed by atoms with E-state index in [0.717, 1.165) is 32.4 Å². The highest BCUT2D eigenvalue weighted by molar-refractivity contribution is 9.10. The van der Waals surface area contributed by atoms with Crippen molar-refractivity contribution in [3.63, 3.8) is 0 Å². The standard InChI is InChI=1S/C26H23BrN2O3S/c1-16-10-17(2)12-21(11-16)28-26-29-25(30)24(33-26)14-19-6-9-22(23(13-19)31-3)32-15-18-4-7-20(27)8-5-18/h4-14H,15H2,1-3H3,(H,28,29,30)/b24-14-. The molecule has 1 aliphatic rings. The second kappa shape index (κ2) is 10.3. The van der Waals surface area contributed by atoms with E-state index in [-0.39, 0.29) is 5.91 Å². The van der Waals surface area contributed by atoms with E-state index in [1.807, 2.05) is 74.5 Å². The number of aliphatic imine (C=N–C) groups is 1. The summed E-state index contributed by atoms with van der Waals surface area (Å²) in [7, 11) is 1.60. The van der Waals surface area contributed by atoms with Gasteiger partial charge in [-0.2, -0.15) is 0 Å². The molecule has 1 amide bonds. The van der Waals surface area contributed by atoms with Crippen LogP contribution >= 0.6 is 27.7 Å². The fourth-order valence-corrected chi connectivity index (χ4v) is 4.51. The zero-order valence-electron chi connectivity index (χ0n) is 18.5. The molecule has 1 fully saturated rings. The molecule has 1 N–H and O–H groups in total. The van der Waals surface area contributed by atoms with Crippen molar-refractivity contribution in [3.05, 3.63) is 92.3 Å². The first-order valence-electron chi connectivity index (χ1n) is 10.3. The molecule has 0 saturated carbocycles. The Hall–Kier alpha value is -3.03. The molecule has 1 heterocycles. The third-order valence-corrected chi connectivity index (χ3v) is 6.32. The summed E-state index contributed by atoms with van der Waals surface area (Å²) in [5.74, 6) is 1.08. The maximum absolute atomic E-state index is 12.5. The molecule has 0 atom stereocenters. The topological polar surface area (TPSA) is 59.9 Å². The average molecular weight is 523 g/mol. The smallest absolute Gasteiger partial charge is 0.264 e. The fraction of sp³-hybridized carbons (Fsp3) is 0.154. The monoisotopic (exact) mass is 522 g/mol. The van der Waals surface area contributed by atoms with Gasteiger partial charge < -0.3 is 14.8 Å². The molecule has 1 saturated heterocycles. The van der Waals surface area contributed by atoms with Crippen LogP contribution in [0.3, 0.4) is 0 Å². The van der Waals surface area contributed by atoms with Crippen LogP contribution in [-0.4, -0.2) is 18.2 Å². The van der Waals surface area contributed by atoms with Gasteiger partial charge in [0.05, 0.1) is 17.7 Å². The Morgan fingerprint density at radius 3 is 2.42 bits per heavy atom. The summed E-state index contributed by atoms with van der Waals surface area (Å²) >= 11 is 4.76. The molecule has 0 aromatic heterocycles. The number of carbonyl (C=O) groups excluding carboxylic acids is 1. The van der Waals surface area contributed by atoms with Gasteiger partial charge in [0.1, 0.15) is 6.61 Å². The lowest BCUT2D eigenvalue weighted by Crippen LogP contribution is -2.19. The number of ether oxygens (including phenoxy) is 2. The molecule has 1 aliphatic heterocycles. The van der Waals surface area contributed by atoms with E-state index in [9.17, 15) is 4.79 Å². The Labute approximate surface area is 206 Å². The molecule has 3 aromatic rings. The Bertz CT molecular complexity index is 1230. The maximum Gasteiger partial charge on any atom is 0.264 e. The molecule has 4 rings (SSSR count). The van der Waals surface area contributed by atoms with Crippen LogP contribution < -0.4 is 14.8 Å². The average Bonchev–Trinajstić information content (AvgIpc) is 3.11. The predicted molar refractivity (Wildman–Crippen MR) is 138 cm³/mol. The number of thioether (sulfide) groups is 1. The first kappa shape index (κ1) is 23.1. The number of methoxy groups -OCH3 is 1. The van der Waals surface area contributed by atoms with Crippen molar-refractivity contribution < 1.29 is 14.3 Å². The summed E-state index contributed by atoms with van der Waals surface area (Å²) in [6.45, 7) is 4.49. The van der Waals surface area contributed by atoms with Gasteiger partial charge in [-0.25, -0.2) is 4.99 Å². The SMILES string of the molecule is COc1cc(/C=C2\SC(=Nc3cc(C)cc(C)c3)NC2=O)ccc1OCc1ccc(Br)cc1. The van der Waals surface area contributed by atoms with Gasteiger partial charge in [-0.3, -0.25) is 4.79 Å². The number of halogens is 1. The highest BCUT2D eigenvalue weighted by Gasteiger charge is 2.24. The summed E-state index contributed by atoms with van der Waals surface area (Å²) < 4.78 is 12.5. The van der Waals surface area contributed by atoms with Gasteiger partial charge >= 0.3 is 0 Å². The molecular formula is C26H23BrN2O3S. The largest absolute Gasteiger partial charge is 0.493 e. The summed E-state index contributed by atoms with van der Waals surface area (Å²) in [4.78, 5) is 17.6. The number of amides is 1. The van der Waals surface area contributed by atoms with Crippen LogP contribution in [0.1, 0.15) is 22.3 Å². The maximum atomic E-state index is 12.5. The minimum atomic E-state index is -0.169. The number of nitrogens with zero attached hydrogens (tertiary/aromatic N) is 1. The van der Waals surface area contributed by atoms with Crippen LogP contribution in [0, 0.1) is 13.8 Å². The van der Waals surface area contributed by atoms with Crippen molar-refractivity contribution in [1.29, 1.82) is 0 Å². The van der Waals surface area contributed by atoms with Gasteiger partial charge in [0.25, 0.3) is 5.91 Å². The molecule has 7 heteroatoms. The van der Waals surface area contributed by atoms with E-state index in [0.29, 0.717) is 28.2 Å². The molecule has 3 aromatic carbocycles. The van der Waals surface area contributed by atoms with Crippen LogP contribution in [0.5, 0.6) is 11.5 Å². The van der Waals surface area contributed by atoms with Crippen molar-refractivity contribution in [2.75, 3.05) is 7.11 Å². The zero-order valence-corrected chi connectivity index (χ0v) is 20.9. The van der Waals surface area contributed by atoms with Crippen LogP contribution in [0.15, 0.2) is 75.0 Å². The number of carbonyl (C=O) groups is 1. The van der Waals surface area contributed by atoms with Crippen LogP contribution in [0.25, 0.3) is 6.08 Å². The Kier molecular flexibility index (Phi) is 7.20. The van der Waals surface area contributed by atoms with E-state index in [1.165, 1.54) is 11.8 Å². The molecule has 5 nitrogen and oxygen atoms in total. The van der Waals surface area contributed by atoms with Gasteiger partial charge in [0, 0.05) is 4.47 Å². The third kappa shape index (κ3) is 6.06. The van der Waals surface area contributed by atoms with E-state index < -0.39 is 0 Å². The summed E-state index contributed by atoms with van der Waals surface area (Å²) in [6, 6.07) is 19.7. The summed E-state index contributed by atoms with van der Waals surface area (Å²) in [5.41, 5.74) is 4.99. The van der Waals surface area contributed by atoms with Gasteiger partial charge in [0.15, 0.2) is 16.7 Å². The normalized spacial score (nSPS) is 15.7. The molecule has 0 bridgehead atoms. The molecular weight excluding hydrogens is 500 g/mol. The predicted octanol–water partition coefficient (Wildman–Crippen LogP) is 6.55. The van der Waals surface area contributed by atoms with Gasteiger partial charge in [-0.1, -0.05) is 40.2 Å². The van der Waals surface area contributed by atoms with Gasteiger partial charge in [-0.15, -0.1) is 0 Å².